The van der Waals surface area contributed by atoms with Crippen molar-refractivity contribution in [3.63, 3.8) is 0 Å². The van der Waals surface area contributed by atoms with Gasteiger partial charge in [0, 0.05) is 11.3 Å². The van der Waals surface area contributed by atoms with E-state index >= 15 is 0 Å². The molecule has 0 saturated carbocycles. The summed E-state index contributed by atoms with van der Waals surface area (Å²) in [5, 5.41) is 7.54. The second-order valence-electron chi connectivity index (χ2n) is 4.30. The fourth-order valence-corrected chi connectivity index (χ4v) is 1.95. The lowest BCUT2D eigenvalue weighted by atomic mass is 10.2. The van der Waals surface area contributed by atoms with Crippen LogP contribution < -0.4 is 20.2 Å². The molecule has 0 atom stereocenters. The number of para-hydroxylation sites is 1. The van der Waals surface area contributed by atoms with Gasteiger partial charge in [0.15, 0.2) is 5.11 Å². The van der Waals surface area contributed by atoms with E-state index in [2.05, 4.69) is 15.8 Å². The van der Waals surface area contributed by atoms with Gasteiger partial charge in [0.2, 0.25) is 0 Å². The third kappa shape index (κ3) is 4.46. The van der Waals surface area contributed by atoms with Crippen molar-refractivity contribution in [3.8, 4) is 11.5 Å². The van der Waals surface area contributed by atoms with Gasteiger partial charge < -0.3 is 14.8 Å². The topological polar surface area (TPSA) is 54.9 Å². The molecule has 2 aromatic rings. The van der Waals surface area contributed by atoms with E-state index in [1.165, 1.54) is 0 Å². The molecule has 0 aliphatic heterocycles. The lowest BCUT2D eigenvalue weighted by molar-refractivity contribution is 0.402. The molecule has 0 unspecified atom stereocenters. The second-order valence-corrected chi connectivity index (χ2v) is 4.71. The SMILES string of the molecule is COc1ccc(OC)c(/C=N/NC(=S)Nc2ccccc2)c1. The molecule has 0 aliphatic rings. The molecule has 0 aromatic heterocycles. The first-order valence-corrected chi connectivity index (χ1v) is 7.01. The van der Waals surface area contributed by atoms with Crippen LogP contribution in [-0.4, -0.2) is 25.5 Å². The molecule has 0 heterocycles. The van der Waals surface area contributed by atoms with E-state index in [9.17, 15) is 0 Å². The Labute approximate surface area is 134 Å². The minimum absolute atomic E-state index is 0.407. The van der Waals surface area contributed by atoms with Crippen LogP contribution in [0.1, 0.15) is 5.56 Å². The smallest absolute Gasteiger partial charge is 0.191 e. The highest BCUT2D eigenvalue weighted by Gasteiger charge is 2.02. The molecular formula is C16H17N3O2S. The summed E-state index contributed by atoms with van der Waals surface area (Å²) in [6.45, 7) is 0. The van der Waals surface area contributed by atoms with Crippen molar-refractivity contribution < 1.29 is 9.47 Å². The van der Waals surface area contributed by atoms with Crippen LogP contribution >= 0.6 is 12.2 Å². The molecule has 0 spiro atoms. The van der Waals surface area contributed by atoms with Gasteiger partial charge >= 0.3 is 0 Å². The van der Waals surface area contributed by atoms with E-state index in [1.54, 1.807) is 20.4 Å². The third-order valence-electron chi connectivity index (χ3n) is 2.84. The van der Waals surface area contributed by atoms with Crippen molar-refractivity contribution in [3.05, 3.63) is 54.1 Å². The van der Waals surface area contributed by atoms with E-state index in [1.807, 2.05) is 48.5 Å². The van der Waals surface area contributed by atoms with Gasteiger partial charge in [-0.05, 0) is 42.5 Å². The number of rotatable bonds is 5. The van der Waals surface area contributed by atoms with Crippen molar-refractivity contribution >= 4 is 29.2 Å². The van der Waals surface area contributed by atoms with Gasteiger partial charge in [-0.1, -0.05) is 18.2 Å². The number of thiocarbonyl (C=S) groups is 1. The number of ether oxygens (including phenoxy) is 2. The Morgan fingerprint density at radius 1 is 1.09 bits per heavy atom. The Kier molecular flexibility index (Phi) is 5.73. The van der Waals surface area contributed by atoms with Crippen LogP contribution in [0, 0.1) is 0 Å². The Morgan fingerprint density at radius 2 is 1.86 bits per heavy atom. The summed E-state index contributed by atoms with van der Waals surface area (Å²) in [5.74, 6) is 1.43. The third-order valence-corrected chi connectivity index (χ3v) is 3.03. The summed E-state index contributed by atoms with van der Waals surface area (Å²) in [4.78, 5) is 0. The van der Waals surface area contributed by atoms with E-state index < -0.39 is 0 Å². The van der Waals surface area contributed by atoms with Gasteiger partial charge in [-0.25, -0.2) is 0 Å². The van der Waals surface area contributed by atoms with Gasteiger partial charge in [0.1, 0.15) is 11.5 Å². The van der Waals surface area contributed by atoms with Crippen molar-refractivity contribution in [2.24, 2.45) is 5.10 Å². The molecule has 0 amide bonds. The van der Waals surface area contributed by atoms with Crippen LogP contribution in [0.4, 0.5) is 5.69 Å². The molecular weight excluding hydrogens is 298 g/mol. The number of hydrogen-bond acceptors (Lipinski definition) is 4. The Hall–Kier alpha value is -2.60. The van der Waals surface area contributed by atoms with Crippen molar-refractivity contribution in [2.75, 3.05) is 19.5 Å². The van der Waals surface area contributed by atoms with Gasteiger partial charge in [0.05, 0.1) is 20.4 Å². The summed E-state index contributed by atoms with van der Waals surface area (Å²) in [5.41, 5.74) is 4.45. The highest BCUT2D eigenvalue weighted by Crippen LogP contribution is 2.22. The van der Waals surface area contributed by atoms with Gasteiger partial charge in [0.25, 0.3) is 0 Å². The van der Waals surface area contributed by atoms with Gasteiger partial charge in [-0.3, -0.25) is 5.43 Å². The fraction of sp³-hybridized carbons (Fsp3) is 0.125. The molecule has 2 N–H and O–H groups in total. The number of hydrazone groups is 1. The number of methoxy groups -OCH3 is 2. The first-order chi connectivity index (χ1) is 10.7. The second kappa shape index (κ2) is 7.99. The average molecular weight is 315 g/mol. The van der Waals surface area contributed by atoms with Crippen molar-refractivity contribution in [1.29, 1.82) is 0 Å². The summed E-state index contributed by atoms with van der Waals surface area (Å²) < 4.78 is 10.5. The van der Waals surface area contributed by atoms with E-state index in [-0.39, 0.29) is 0 Å². The van der Waals surface area contributed by atoms with Gasteiger partial charge in [-0.15, -0.1) is 0 Å². The maximum Gasteiger partial charge on any atom is 0.191 e. The highest BCUT2D eigenvalue weighted by molar-refractivity contribution is 7.80. The Bertz CT molecular complexity index is 660. The van der Waals surface area contributed by atoms with Crippen LogP contribution in [0.2, 0.25) is 0 Å². The van der Waals surface area contributed by atoms with Gasteiger partial charge in [-0.2, -0.15) is 5.10 Å². The molecule has 0 radical (unpaired) electrons. The molecule has 0 saturated heterocycles. The molecule has 6 heteroatoms. The lowest BCUT2D eigenvalue weighted by Crippen LogP contribution is -2.23. The summed E-state index contributed by atoms with van der Waals surface area (Å²) in [6, 6.07) is 15.1. The molecule has 2 rings (SSSR count). The van der Waals surface area contributed by atoms with E-state index in [4.69, 9.17) is 21.7 Å². The monoisotopic (exact) mass is 315 g/mol. The number of benzene rings is 2. The fourth-order valence-electron chi connectivity index (χ4n) is 1.78. The average Bonchev–Trinajstić information content (AvgIpc) is 2.55. The molecule has 0 bridgehead atoms. The zero-order chi connectivity index (χ0) is 15.8. The molecule has 22 heavy (non-hydrogen) atoms. The maximum atomic E-state index is 5.27. The first kappa shape index (κ1) is 15.8. The molecule has 2 aromatic carbocycles. The molecule has 114 valence electrons. The van der Waals surface area contributed by atoms with Crippen LogP contribution in [0.5, 0.6) is 11.5 Å². The number of nitrogens with one attached hydrogen (secondary N) is 2. The highest BCUT2D eigenvalue weighted by atomic mass is 32.1. The van der Waals surface area contributed by atoms with Crippen LogP contribution in [0.3, 0.4) is 0 Å². The molecule has 0 aliphatic carbocycles. The zero-order valence-corrected chi connectivity index (χ0v) is 13.2. The van der Waals surface area contributed by atoms with E-state index in [0.717, 1.165) is 17.0 Å². The van der Waals surface area contributed by atoms with Crippen LogP contribution in [0.15, 0.2) is 53.6 Å². The molecule has 0 fully saturated rings. The predicted molar refractivity (Wildman–Crippen MR) is 92.9 cm³/mol. The van der Waals surface area contributed by atoms with Crippen LogP contribution in [-0.2, 0) is 0 Å². The number of nitrogens with zero attached hydrogens (tertiary/aromatic N) is 1. The van der Waals surface area contributed by atoms with E-state index in [0.29, 0.717) is 10.9 Å². The Balaban J connectivity index is 1.98. The summed E-state index contributed by atoms with van der Waals surface area (Å²) >= 11 is 5.17. The number of anilines is 1. The van der Waals surface area contributed by atoms with Crippen molar-refractivity contribution in [1.82, 2.24) is 5.43 Å². The Morgan fingerprint density at radius 3 is 2.55 bits per heavy atom. The largest absolute Gasteiger partial charge is 0.497 e. The summed E-state index contributed by atoms with van der Waals surface area (Å²) in [7, 11) is 3.22. The summed E-state index contributed by atoms with van der Waals surface area (Å²) in [6.07, 6.45) is 1.63. The molecule has 5 nitrogen and oxygen atoms in total. The standard InChI is InChI=1S/C16H17N3O2S/c1-20-14-8-9-15(21-2)12(10-14)11-17-19-16(22)18-13-6-4-3-5-7-13/h3-11H,1-2H3,(H2,18,19,22)/b17-11+. The normalized spacial score (nSPS) is 10.3. The maximum absolute atomic E-state index is 5.27. The van der Waals surface area contributed by atoms with Crippen molar-refractivity contribution in [2.45, 2.75) is 0 Å². The minimum Gasteiger partial charge on any atom is -0.497 e. The minimum atomic E-state index is 0.407. The number of hydrogen-bond donors (Lipinski definition) is 2. The quantitative estimate of drug-likeness (QED) is 0.505. The first-order valence-electron chi connectivity index (χ1n) is 6.60. The lowest BCUT2D eigenvalue weighted by Gasteiger charge is -2.08. The predicted octanol–water partition coefficient (Wildman–Crippen LogP) is 3.02. The van der Waals surface area contributed by atoms with Crippen LogP contribution in [0.25, 0.3) is 0 Å². The zero-order valence-electron chi connectivity index (χ0n) is 12.4.